The predicted octanol–water partition coefficient (Wildman–Crippen LogP) is 1.55. The van der Waals surface area contributed by atoms with Gasteiger partial charge in [-0.1, -0.05) is 18.2 Å². The Morgan fingerprint density at radius 2 is 2.04 bits per heavy atom. The molecule has 144 valence electrons. The lowest BCUT2D eigenvalue weighted by Gasteiger charge is -2.27. The highest BCUT2D eigenvalue weighted by molar-refractivity contribution is 7.91. The Morgan fingerprint density at radius 1 is 1.26 bits per heavy atom. The predicted molar refractivity (Wildman–Crippen MR) is 104 cm³/mol. The Morgan fingerprint density at radius 3 is 2.78 bits per heavy atom. The van der Waals surface area contributed by atoms with Crippen molar-refractivity contribution in [2.24, 2.45) is 5.92 Å². The molecule has 3 heterocycles. The number of fused-ring (bicyclic) bond motifs is 1. The molecule has 0 radical (unpaired) electrons. The molecular weight excluding hydrogens is 366 g/mol. The molecule has 2 fully saturated rings. The number of sulfone groups is 1. The minimum absolute atomic E-state index is 0.0246. The second kappa shape index (κ2) is 7.44. The van der Waals surface area contributed by atoms with Gasteiger partial charge < -0.3 is 15.0 Å². The molecule has 0 bridgehead atoms. The average Bonchev–Trinajstić information content (AvgIpc) is 3.04. The molecule has 0 aliphatic carbocycles. The second-order valence-corrected chi connectivity index (χ2v) is 9.36. The van der Waals surface area contributed by atoms with Crippen molar-refractivity contribution in [3.63, 3.8) is 0 Å². The van der Waals surface area contributed by atoms with Crippen molar-refractivity contribution in [2.75, 3.05) is 49.7 Å². The summed E-state index contributed by atoms with van der Waals surface area (Å²) >= 11 is 0. The molecule has 1 N–H and O–H groups in total. The number of benzene rings is 1. The van der Waals surface area contributed by atoms with Crippen LogP contribution in [-0.4, -0.2) is 68.6 Å². The van der Waals surface area contributed by atoms with Crippen molar-refractivity contribution in [3.05, 3.63) is 35.9 Å². The van der Waals surface area contributed by atoms with E-state index in [-0.39, 0.29) is 23.3 Å². The summed E-state index contributed by atoms with van der Waals surface area (Å²) in [6.45, 7) is 2.80. The lowest BCUT2D eigenvalue weighted by molar-refractivity contribution is 0.0304. The monoisotopic (exact) mass is 389 g/mol. The van der Waals surface area contributed by atoms with Gasteiger partial charge in [-0.2, -0.15) is 0 Å². The molecule has 1 unspecified atom stereocenters. The molecule has 0 saturated carbocycles. The normalized spacial score (nSPS) is 22.1. The summed E-state index contributed by atoms with van der Waals surface area (Å²) in [5.41, 5.74) is 1.36. The van der Waals surface area contributed by atoms with Crippen molar-refractivity contribution < 1.29 is 17.9 Å². The van der Waals surface area contributed by atoms with E-state index in [1.807, 2.05) is 24.3 Å². The first kappa shape index (κ1) is 18.2. The summed E-state index contributed by atoms with van der Waals surface area (Å²) in [7, 11) is -2.90. The third-order valence-electron chi connectivity index (χ3n) is 5.14. The number of para-hydroxylation sites is 1. The summed E-state index contributed by atoms with van der Waals surface area (Å²) in [4.78, 5) is 19.5. The zero-order valence-electron chi connectivity index (χ0n) is 15.1. The maximum Gasteiger partial charge on any atom is 0.254 e. The fourth-order valence-corrected chi connectivity index (χ4v) is 5.52. The van der Waals surface area contributed by atoms with Crippen LogP contribution in [-0.2, 0) is 14.6 Å². The zero-order valence-corrected chi connectivity index (χ0v) is 15.9. The van der Waals surface area contributed by atoms with E-state index in [1.54, 1.807) is 11.0 Å². The number of nitrogens with zero attached hydrogens (tertiary/aromatic N) is 2. The second-order valence-electron chi connectivity index (χ2n) is 7.13. The van der Waals surface area contributed by atoms with E-state index in [9.17, 15) is 13.2 Å². The molecule has 1 amide bonds. The Hall–Kier alpha value is -2.19. The van der Waals surface area contributed by atoms with Crippen molar-refractivity contribution in [1.82, 2.24) is 9.88 Å². The molecule has 0 spiro atoms. The number of nitrogens with one attached hydrogen (secondary N) is 1. The van der Waals surface area contributed by atoms with Crippen LogP contribution < -0.4 is 5.32 Å². The highest BCUT2D eigenvalue weighted by atomic mass is 32.2. The highest BCUT2D eigenvalue weighted by Crippen LogP contribution is 2.24. The van der Waals surface area contributed by atoms with Crippen molar-refractivity contribution in [2.45, 2.75) is 6.42 Å². The molecule has 1 atom stereocenters. The number of hydrogen-bond acceptors (Lipinski definition) is 6. The van der Waals surface area contributed by atoms with E-state index >= 15 is 0 Å². The van der Waals surface area contributed by atoms with Gasteiger partial charge in [-0.3, -0.25) is 4.79 Å². The van der Waals surface area contributed by atoms with E-state index in [0.717, 1.165) is 10.9 Å². The van der Waals surface area contributed by atoms with Gasteiger partial charge in [0.15, 0.2) is 9.84 Å². The number of carbonyl (C=O) groups is 1. The number of morpholine rings is 1. The van der Waals surface area contributed by atoms with Gasteiger partial charge in [0.05, 0.1) is 35.8 Å². The molecule has 2 saturated heterocycles. The van der Waals surface area contributed by atoms with Crippen LogP contribution in [0.15, 0.2) is 30.3 Å². The molecule has 4 rings (SSSR count). The fourth-order valence-electron chi connectivity index (χ4n) is 3.66. The summed E-state index contributed by atoms with van der Waals surface area (Å²) in [6, 6.07) is 9.37. The summed E-state index contributed by atoms with van der Waals surface area (Å²) in [5.74, 6) is 1.14. The third kappa shape index (κ3) is 4.06. The number of amides is 1. The van der Waals surface area contributed by atoms with Crippen LogP contribution in [0.4, 0.5) is 5.82 Å². The van der Waals surface area contributed by atoms with Crippen LogP contribution >= 0.6 is 0 Å². The smallest absolute Gasteiger partial charge is 0.254 e. The number of anilines is 1. The zero-order chi connectivity index (χ0) is 18.9. The maximum atomic E-state index is 13.0. The number of hydrogen-bond donors (Lipinski definition) is 1. The van der Waals surface area contributed by atoms with Crippen molar-refractivity contribution >= 4 is 32.5 Å². The van der Waals surface area contributed by atoms with Gasteiger partial charge in [0.25, 0.3) is 5.91 Å². The molecule has 2 aromatic rings. The molecule has 7 nitrogen and oxygen atoms in total. The topological polar surface area (TPSA) is 88.6 Å². The van der Waals surface area contributed by atoms with Gasteiger partial charge in [-0.05, 0) is 24.5 Å². The van der Waals surface area contributed by atoms with Crippen LogP contribution in [0.5, 0.6) is 0 Å². The Labute approximate surface area is 158 Å². The van der Waals surface area contributed by atoms with E-state index in [4.69, 9.17) is 4.74 Å². The molecule has 27 heavy (non-hydrogen) atoms. The molecule has 2 aliphatic rings. The SMILES string of the molecule is O=C(c1cc(NCC2CCS(=O)(=O)C2)nc2ccccc12)N1CCOCC1. The minimum Gasteiger partial charge on any atom is -0.378 e. The van der Waals surface area contributed by atoms with Gasteiger partial charge in [0.1, 0.15) is 5.82 Å². The Kier molecular flexibility index (Phi) is 5.01. The molecular formula is C19H23N3O4S. The molecule has 8 heteroatoms. The van der Waals surface area contributed by atoms with Crippen molar-refractivity contribution in [1.29, 1.82) is 0 Å². The summed E-state index contributed by atoms with van der Waals surface area (Å²) < 4.78 is 28.6. The lowest BCUT2D eigenvalue weighted by Crippen LogP contribution is -2.40. The third-order valence-corrected chi connectivity index (χ3v) is 6.98. The minimum atomic E-state index is -2.90. The first-order valence-corrected chi connectivity index (χ1v) is 11.0. The van der Waals surface area contributed by atoms with Gasteiger partial charge in [-0.15, -0.1) is 0 Å². The lowest BCUT2D eigenvalue weighted by atomic mass is 10.1. The number of rotatable bonds is 4. The fraction of sp³-hybridized carbons (Fsp3) is 0.474. The van der Waals surface area contributed by atoms with Crippen LogP contribution in [0.3, 0.4) is 0 Å². The molecule has 2 aliphatic heterocycles. The van der Waals surface area contributed by atoms with E-state index in [1.165, 1.54) is 0 Å². The quantitative estimate of drug-likeness (QED) is 0.854. The largest absolute Gasteiger partial charge is 0.378 e. The Balaban J connectivity index is 1.59. The standard InChI is InChI=1S/C19H23N3O4S/c23-19(22-6-8-26-9-7-22)16-11-18(21-17-4-2-1-3-15(16)17)20-12-14-5-10-27(24,25)13-14/h1-4,11,14H,5-10,12-13H2,(H,20,21). The van der Waals surface area contributed by atoms with Crippen LogP contribution in [0, 0.1) is 5.92 Å². The van der Waals surface area contributed by atoms with E-state index in [0.29, 0.717) is 50.7 Å². The first-order valence-electron chi connectivity index (χ1n) is 9.23. The Bertz CT molecular complexity index is 955. The maximum absolute atomic E-state index is 13.0. The van der Waals surface area contributed by atoms with Gasteiger partial charge >= 0.3 is 0 Å². The van der Waals surface area contributed by atoms with Crippen molar-refractivity contribution in [3.8, 4) is 0 Å². The molecule has 1 aromatic heterocycles. The van der Waals surface area contributed by atoms with Gasteiger partial charge in [0.2, 0.25) is 0 Å². The highest BCUT2D eigenvalue weighted by Gasteiger charge is 2.28. The number of carbonyl (C=O) groups excluding carboxylic acids is 1. The number of pyridine rings is 1. The first-order chi connectivity index (χ1) is 13.0. The average molecular weight is 389 g/mol. The van der Waals surface area contributed by atoms with Gasteiger partial charge in [0, 0.05) is 25.0 Å². The summed E-state index contributed by atoms with van der Waals surface area (Å²) in [6.07, 6.45) is 0.669. The van der Waals surface area contributed by atoms with E-state index < -0.39 is 9.84 Å². The van der Waals surface area contributed by atoms with Crippen LogP contribution in [0.2, 0.25) is 0 Å². The van der Waals surface area contributed by atoms with Crippen LogP contribution in [0.25, 0.3) is 10.9 Å². The van der Waals surface area contributed by atoms with Crippen LogP contribution in [0.1, 0.15) is 16.8 Å². The van der Waals surface area contributed by atoms with E-state index in [2.05, 4.69) is 10.3 Å². The number of aromatic nitrogens is 1. The summed E-state index contributed by atoms with van der Waals surface area (Å²) in [5, 5.41) is 4.07. The number of ether oxygens (including phenoxy) is 1. The molecule has 1 aromatic carbocycles. The van der Waals surface area contributed by atoms with Gasteiger partial charge in [-0.25, -0.2) is 13.4 Å².